The molecule has 3 heterocycles. The number of hydrogen-bond acceptors (Lipinski definition) is 7. The molecule has 2 aromatic heterocycles. The van der Waals surface area contributed by atoms with Gasteiger partial charge in [0.1, 0.15) is 11.8 Å². The van der Waals surface area contributed by atoms with Crippen molar-refractivity contribution in [3.63, 3.8) is 0 Å². The zero-order valence-corrected chi connectivity index (χ0v) is 22.8. The van der Waals surface area contributed by atoms with E-state index in [4.69, 9.17) is 4.74 Å². The van der Waals surface area contributed by atoms with E-state index in [1.54, 1.807) is 7.11 Å². The molecule has 39 heavy (non-hydrogen) atoms. The number of fused-ring (bicyclic) bond motifs is 1. The van der Waals surface area contributed by atoms with E-state index in [-0.39, 0.29) is 17.6 Å². The average molecular weight is 528 g/mol. The Labute approximate surface area is 228 Å². The summed E-state index contributed by atoms with van der Waals surface area (Å²) in [5.74, 6) is 1.66. The van der Waals surface area contributed by atoms with Gasteiger partial charge in [0, 0.05) is 43.8 Å². The lowest BCUT2D eigenvalue weighted by molar-refractivity contribution is 0.0988. The van der Waals surface area contributed by atoms with Crippen LogP contribution in [0.3, 0.4) is 0 Å². The van der Waals surface area contributed by atoms with Crippen LogP contribution in [0.2, 0.25) is 0 Å². The molecule has 9 heteroatoms. The maximum absolute atomic E-state index is 13.6. The third-order valence-corrected chi connectivity index (χ3v) is 8.39. The molecule has 0 bridgehead atoms. The molecule has 1 N–H and O–H groups in total. The quantitative estimate of drug-likeness (QED) is 0.369. The molecule has 2 aliphatic rings. The predicted octanol–water partition coefficient (Wildman–Crippen LogP) is 4.11. The molecule has 1 saturated heterocycles. The van der Waals surface area contributed by atoms with Crippen molar-refractivity contribution in [2.45, 2.75) is 57.7 Å². The summed E-state index contributed by atoms with van der Waals surface area (Å²) in [4.78, 5) is 21.6. The van der Waals surface area contributed by atoms with Crippen LogP contribution in [0.15, 0.2) is 53.3 Å². The Morgan fingerprint density at radius 2 is 1.85 bits per heavy atom. The number of methoxy groups -OCH3 is 1. The molecule has 204 valence electrons. The predicted molar refractivity (Wildman–Crippen MR) is 151 cm³/mol. The fraction of sp³-hybridized carbons (Fsp3) is 0.467. The van der Waals surface area contributed by atoms with Crippen molar-refractivity contribution in [1.82, 2.24) is 35.0 Å². The molecule has 1 saturated carbocycles. The number of nitrogens with zero attached hydrogens (tertiary/aromatic N) is 6. The average Bonchev–Trinajstić information content (AvgIpc) is 3.67. The smallest absolute Gasteiger partial charge is 0.253 e. The van der Waals surface area contributed by atoms with Gasteiger partial charge in [-0.3, -0.25) is 14.6 Å². The largest absolute Gasteiger partial charge is 0.497 e. The third kappa shape index (κ3) is 5.33. The highest BCUT2D eigenvalue weighted by Crippen LogP contribution is 2.34. The second-order valence-electron chi connectivity index (χ2n) is 10.8. The normalized spacial score (nSPS) is 18.1. The summed E-state index contributed by atoms with van der Waals surface area (Å²) in [6.07, 6.45) is 5.48. The van der Waals surface area contributed by atoms with E-state index in [1.807, 2.05) is 22.9 Å². The molecule has 0 unspecified atom stereocenters. The number of aromatic nitrogens is 5. The van der Waals surface area contributed by atoms with Crippen LogP contribution in [0.5, 0.6) is 5.75 Å². The van der Waals surface area contributed by atoms with E-state index in [1.165, 1.54) is 24.0 Å². The molecule has 6 rings (SSSR count). The minimum atomic E-state index is -0.307. The number of nitrogens with one attached hydrogen (secondary N) is 1. The molecule has 1 aliphatic carbocycles. The number of H-pyrrole nitrogens is 1. The van der Waals surface area contributed by atoms with Crippen LogP contribution in [-0.4, -0.2) is 68.3 Å². The maximum atomic E-state index is 13.6. The van der Waals surface area contributed by atoms with Gasteiger partial charge in [0.05, 0.1) is 13.2 Å². The van der Waals surface area contributed by atoms with E-state index in [2.05, 4.69) is 67.6 Å². The molecular formula is C30H37N7O2. The van der Waals surface area contributed by atoms with Crippen LogP contribution < -0.4 is 10.3 Å². The Hall–Kier alpha value is -3.56. The van der Waals surface area contributed by atoms with Crippen molar-refractivity contribution in [2.24, 2.45) is 0 Å². The minimum absolute atomic E-state index is 0.0727. The van der Waals surface area contributed by atoms with Gasteiger partial charge in [-0.2, -0.15) is 0 Å². The van der Waals surface area contributed by atoms with Crippen molar-refractivity contribution in [3.8, 4) is 5.75 Å². The molecule has 0 amide bonds. The number of rotatable bonds is 8. The van der Waals surface area contributed by atoms with Crippen LogP contribution in [-0.2, 0) is 13.0 Å². The van der Waals surface area contributed by atoms with Gasteiger partial charge < -0.3 is 9.72 Å². The van der Waals surface area contributed by atoms with Crippen molar-refractivity contribution in [1.29, 1.82) is 0 Å². The fourth-order valence-corrected chi connectivity index (χ4v) is 6.19. The Morgan fingerprint density at radius 3 is 2.62 bits per heavy atom. The second-order valence-corrected chi connectivity index (χ2v) is 10.8. The van der Waals surface area contributed by atoms with Crippen molar-refractivity contribution in [2.75, 3.05) is 33.3 Å². The minimum Gasteiger partial charge on any atom is -0.497 e. The zero-order chi connectivity index (χ0) is 26.8. The number of aryl methyl sites for hydroxylation is 1. The number of benzene rings is 2. The number of hydrogen-bond donors (Lipinski definition) is 1. The molecule has 2 aromatic carbocycles. The standard InChI is InChI=1S/C30H37N7O2/c1-3-21-11-12-27-23(17-21)19-26(30(38)31-27)28(29-32-33-34-37(29)24-8-4-5-9-24)36-15-13-35(14-16-36)20-22-7-6-10-25(18-22)39-2/h6-7,10-12,17-19,24,28H,3-5,8-9,13-16,20H2,1-2H3,(H,31,38)/t28-/m1/s1. The molecule has 0 spiro atoms. The summed E-state index contributed by atoms with van der Waals surface area (Å²) in [6, 6.07) is 16.6. The van der Waals surface area contributed by atoms with Crippen molar-refractivity contribution in [3.05, 3.63) is 81.4 Å². The fourth-order valence-electron chi connectivity index (χ4n) is 6.19. The Balaban J connectivity index is 1.32. The molecular weight excluding hydrogens is 490 g/mol. The van der Waals surface area contributed by atoms with E-state index >= 15 is 0 Å². The summed E-state index contributed by atoms with van der Waals surface area (Å²) in [5, 5.41) is 14.2. The maximum Gasteiger partial charge on any atom is 0.253 e. The SMILES string of the molecule is CCc1ccc2[nH]c(=O)c([C@H](c3nnnn3C3CCCC3)N3CCN(Cc4cccc(OC)c4)CC3)cc2c1. The highest BCUT2D eigenvalue weighted by atomic mass is 16.5. The monoisotopic (exact) mass is 527 g/mol. The van der Waals surface area contributed by atoms with Gasteiger partial charge in [-0.05, 0) is 76.5 Å². The number of ether oxygens (including phenoxy) is 1. The van der Waals surface area contributed by atoms with Crippen LogP contribution in [0.25, 0.3) is 10.9 Å². The number of pyridine rings is 1. The van der Waals surface area contributed by atoms with Gasteiger partial charge >= 0.3 is 0 Å². The summed E-state index contributed by atoms with van der Waals surface area (Å²) in [5.41, 5.74) is 3.99. The van der Waals surface area contributed by atoms with E-state index in [9.17, 15) is 4.79 Å². The first-order valence-electron chi connectivity index (χ1n) is 14.2. The lowest BCUT2D eigenvalue weighted by Gasteiger charge is -2.39. The molecule has 1 aliphatic heterocycles. The van der Waals surface area contributed by atoms with Crippen molar-refractivity contribution < 1.29 is 4.74 Å². The first-order valence-corrected chi connectivity index (χ1v) is 14.2. The highest BCUT2D eigenvalue weighted by Gasteiger charge is 2.34. The van der Waals surface area contributed by atoms with Gasteiger partial charge in [0.2, 0.25) is 0 Å². The summed E-state index contributed by atoms with van der Waals surface area (Å²) in [7, 11) is 1.70. The Bertz CT molecular complexity index is 1480. The lowest BCUT2D eigenvalue weighted by atomic mass is 10.0. The van der Waals surface area contributed by atoms with Gasteiger partial charge in [0.15, 0.2) is 5.82 Å². The zero-order valence-electron chi connectivity index (χ0n) is 22.8. The molecule has 9 nitrogen and oxygen atoms in total. The molecule has 2 fully saturated rings. The Kier molecular flexibility index (Phi) is 7.43. The first kappa shape index (κ1) is 25.7. The van der Waals surface area contributed by atoms with Gasteiger partial charge in [-0.15, -0.1) is 5.10 Å². The Morgan fingerprint density at radius 1 is 1.03 bits per heavy atom. The number of piperazine rings is 1. The van der Waals surface area contributed by atoms with Gasteiger partial charge in [0.25, 0.3) is 5.56 Å². The lowest BCUT2D eigenvalue weighted by Crippen LogP contribution is -2.48. The topological polar surface area (TPSA) is 92.2 Å². The van der Waals surface area contributed by atoms with Crippen LogP contribution in [0.4, 0.5) is 0 Å². The number of tetrazole rings is 1. The van der Waals surface area contributed by atoms with E-state index in [0.29, 0.717) is 5.56 Å². The van der Waals surface area contributed by atoms with E-state index < -0.39 is 0 Å². The summed E-state index contributed by atoms with van der Waals surface area (Å²) in [6.45, 7) is 6.44. The van der Waals surface area contributed by atoms with Crippen LogP contribution in [0, 0.1) is 0 Å². The second kappa shape index (κ2) is 11.3. The van der Waals surface area contributed by atoms with Gasteiger partial charge in [-0.1, -0.05) is 38.0 Å². The first-order chi connectivity index (χ1) is 19.1. The summed E-state index contributed by atoms with van der Waals surface area (Å²) >= 11 is 0. The van der Waals surface area contributed by atoms with Crippen LogP contribution in [0.1, 0.15) is 67.2 Å². The van der Waals surface area contributed by atoms with Crippen LogP contribution >= 0.6 is 0 Å². The molecule has 4 aromatic rings. The molecule has 1 atom stereocenters. The number of aromatic amines is 1. The highest BCUT2D eigenvalue weighted by molar-refractivity contribution is 5.80. The van der Waals surface area contributed by atoms with Gasteiger partial charge in [-0.25, -0.2) is 4.68 Å². The molecule has 0 radical (unpaired) electrons. The third-order valence-electron chi connectivity index (χ3n) is 8.39. The van der Waals surface area contributed by atoms with Crippen molar-refractivity contribution >= 4 is 10.9 Å². The van der Waals surface area contributed by atoms with E-state index in [0.717, 1.165) is 74.5 Å². The summed E-state index contributed by atoms with van der Waals surface area (Å²) < 4.78 is 7.42.